The Morgan fingerprint density at radius 3 is 2.09 bits per heavy atom. The highest BCUT2D eigenvalue weighted by Crippen LogP contribution is 2.13. The molecule has 2 nitrogen and oxygen atoms in total. The molecular formula is C8H15BO2. The fourth-order valence-corrected chi connectivity index (χ4v) is 1.10. The second-order valence-electron chi connectivity index (χ2n) is 2.81. The maximum absolute atomic E-state index is 10.1. The molecule has 0 saturated carbocycles. The molecule has 0 radical (unpaired) electrons. The number of carbonyl (C=O) groups is 2. The highest BCUT2D eigenvalue weighted by molar-refractivity contribution is 6.08. The third-order valence-electron chi connectivity index (χ3n) is 1.83. The normalized spacial score (nSPS) is 9.91. The number of hydrogen-bond donors (Lipinski definition) is 0. The number of carbonyl (C=O) groups excluding carboxylic acids is 2. The first-order valence-electron chi connectivity index (χ1n) is 4.22. The van der Waals surface area contributed by atoms with Crippen LogP contribution in [0.2, 0.25) is 6.32 Å². The zero-order chi connectivity index (χ0) is 8.53. The molecule has 0 heterocycles. The Morgan fingerprint density at radius 1 is 1.18 bits per heavy atom. The van der Waals surface area contributed by atoms with Gasteiger partial charge in [-0.15, -0.1) is 0 Å². The largest absolute Gasteiger partial charge is 0.303 e. The van der Waals surface area contributed by atoms with E-state index < -0.39 is 0 Å². The van der Waals surface area contributed by atoms with Crippen LogP contribution in [0.3, 0.4) is 0 Å². The van der Waals surface area contributed by atoms with Crippen molar-refractivity contribution in [2.75, 3.05) is 0 Å². The molecule has 62 valence electrons. The minimum atomic E-state index is 0.296. The number of rotatable bonds is 7. The lowest BCUT2D eigenvalue weighted by Gasteiger charge is -2.08. The Balaban J connectivity index is 3.49. The van der Waals surface area contributed by atoms with E-state index >= 15 is 0 Å². The first-order chi connectivity index (χ1) is 5.35. The lowest BCUT2D eigenvalue weighted by molar-refractivity contribution is -0.110. The van der Waals surface area contributed by atoms with Crippen LogP contribution in [0, 0.1) is 5.92 Å². The summed E-state index contributed by atoms with van der Waals surface area (Å²) in [6.07, 6.45) is 6.15. The van der Waals surface area contributed by atoms with Crippen LogP contribution in [0.4, 0.5) is 0 Å². The molecule has 0 amide bonds. The van der Waals surface area contributed by atoms with E-state index in [9.17, 15) is 9.59 Å². The Bertz CT molecular complexity index is 105. The van der Waals surface area contributed by atoms with Crippen molar-refractivity contribution >= 4 is 20.4 Å². The van der Waals surface area contributed by atoms with Gasteiger partial charge in [-0.3, -0.25) is 0 Å². The molecule has 0 aliphatic heterocycles. The smallest absolute Gasteiger partial charge is 0.120 e. The van der Waals surface area contributed by atoms with Crippen molar-refractivity contribution < 1.29 is 9.59 Å². The molecule has 11 heavy (non-hydrogen) atoms. The van der Waals surface area contributed by atoms with Crippen molar-refractivity contribution in [2.45, 2.75) is 32.0 Å². The van der Waals surface area contributed by atoms with Gasteiger partial charge in [0.05, 0.1) is 0 Å². The molecule has 0 unspecified atom stereocenters. The van der Waals surface area contributed by atoms with Gasteiger partial charge in [0.25, 0.3) is 0 Å². The molecule has 0 atom stereocenters. The van der Waals surface area contributed by atoms with Crippen LogP contribution in [0.1, 0.15) is 25.7 Å². The van der Waals surface area contributed by atoms with E-state index in [2.05, 4.69) is 7.85 Å². The van der Waals surface area contributed by atoms with Crippen molar-refractivity contribution in [1.82, 2.24) is 0 Å². The topological polar surface area (TPSA) is 34.1 Å². The van der Waals surface area contributed by atoms with Crippen LogP contribution in [0.25, 0.3) is 0 Å². The monoisotopic (exact) mass is 154 g/mol. The molecule has 0 aliphatic carbocycles. The fraction of sp³-hybridized carbons (Fsp3) is 0.750. The highest BCUT2D eigenvalue weighted by atomic mass is 16.1. The van der Waals surface area contributed by atoms with Crippen LogP contribution in [-0.4, -0.2) is 20.4 Å². The molecule has 0 rings (SSSR count). The predicted octanol–water partition coefficient (Wildman–Crippen LogP) is 0.612. The van der Waals surface area contributed by atoms with Crippen molar-refractivity contribution in [3.8, 4) is 0 Å². The summed E-state index contributed by atoms with van der Waals surface area (Å²) in [5.41, 5.74) is 0. The molecule has 3 heteroatoms. The molecule has 0 aromatic rings. The Hall–Kier alpha value is -0.595. The standard InChI is InChI=1S/C8H15BO2/c9-5-1-2-8(3-6-10)4-7-11/h6-8H,1-5,9H2. The molecule has 0 fully saturated rings. The van der Waals surface area contributed by atoms with Crippen LogP contribution in [0.15, 0.2) is 0 Å². The van der Waals surface area contributed by atoms with Gasteiger partial charge in [-0.1, -0.05) is 19.2 Å². The Kier molecular flexibility index (Phi) is 7.10. The SMILES string of the molecule is BCCCC(CC=O)CC=O. The summed E-state index contributed by atoms with van der Waals surface area (Å²) in [4.78, 5) is 20.3. The summed E-state index contributed by atoms with van der Waals surface area (Å²) in [5.74, 6) is 0.296. The average Bonchev–Trinajstić information content (AvgIpc) is 2.01. The summed E-state index contributed by atoms with van der Waals surface area (Å²) in [7, 11) is 2.11. The van der Waals surface area contributed by atoms with E-state index in [1.807, 2.05) is 0 Å². The van der Waals surface area contributed by atoms with Crippen LogP contribution < -0.4 is 0 Å². The van der Waals surface area contributed by atoms with Gasteiger partial charge in [0.15, 0.2) is 0 Å². The summed E-state index contributed by atoms with van der Waals surface area (Å²) >= 11 is 0. The quantitative estimate of drug-likeness (QED) is 0.397. The van der Waals surface area contributed by atoms with Gasteiger partial charge in [-0.05, 0) is 5.92 Å². The van der Waals surface area contributed by atoms with Gasteiger partial charge >= 0.3 is 0 Å². The average molecular weight is 154 g/mol. The summed E-state index contributed by atoms with van der Waals surface area (Å²) in [5, 5.41) is 0. The summed E-state index contributed by atoms with van der Waals surface area (Å²) in [6.45, 7) is 0. The van der Waals surface area contributed by atoms with Crippen molar-refractivity contribution in [1.29, 1.82) is 0 Å². The van der Waals surface area contributed by atoms with Gasteiger partial charge in [0.1, 0.15) is 20.4 Å². The lowest BCUT2D eigenvalue weighted by atomic mass is 9.91. The molecule has 0 bridgehead atoms. The van der Waals surface area contributed by atoms with E-state index in [0.29, 0.717) is 18.8 Å². The molecule has 0 aromatic carbocycles. The van der Waals surface area contributed by atoms with Crippen molar-refractivity contribution in [3.05, 3.63) is 0 Å². The maximum atomic E-state index is 10.1. The first-order valence-corrected chi connectivity index (χ1v) is 4.22. The van der Waals surface area contributed by atoms with Gasteiger partial charge in [-0.25, -0.2) is 0 Å². The maximum Gasteiger partial charge on any atom is 0.120 e. The van der Waals surface area contributed by atoms with Gasteiger partial charge in [-0.2, -0.15) is 0 Å². The lowest BCUT2D eigenvalue weighted by Crippen LogP contribution is -2.01. The minimum Gasteiger partial charge on any atom is -0.303 e. The Morgan fingerprint density at radius 2 is 1.73 bits per heavy atom. The zero-order valence-electron chi connectivity index (χ0n) is 7.08. The molecule has 0 N–H and O–H groups in total. The fourth-order valence-electron chi connectivity index (χ4n) is 1.10. The van der Waals surface area contributed by atoms with Gasteiger partial charge in [0, 0.05) is 12.8 Å². The second-order valence-corrected chi connectivity index (χ2v) is 2.81. The van der Waals surface area contributed by atoms with E-state index in [4.69, 9.17) is 0 Å². The summed E-state index contributed by atoms with van der Waals surface area (Å²) in [6, 6.07) is 0. The third-order valence-corrected chi connectivity index (χ3v) is 1.83. The highest BCUT2D eigenvalue weighted by Gasteiger charge is 2.05. The third kappa shape index (κ3) is 5.83. The van der Waals surface area contributed by atoms with E-state index in [-0.39, 0.29) is 0 Å². The number of aldehydes is 2. The van der Waals surface area contributed by atoms with E-state index in [1.54, 1.807) is 0 Å². The van der Waals surface area contributed by atoms with Crippen LogP contribution in [0.5, 0.6) is 0 Å². The zero-order valence-corrected chi connectivity index (χ0v) is 7.08. The van der Waals surface area contributed by atoms with Crippen molar-refractivity contribution in [3.63, 3.8) is 0 Å². The molecule has 0 aliphatic rings. The molecular weight excluding hydrogens is 139 g/mol. The number of hydrogen-bond acceptors (Lipinski definition) is 2. The Labute approximate surface area is 68.8 Å². The van der Waals surface area contributed by atoms with Gasteiger partial charge < -0.3 is 9.59 Å². The molecule has 0 spiro atoms. The summed E-state index contributed by atoms with van der Waals surface area (Å²) < 4.78 is 0. The minimum absolute atomic E-state index is 0.296. The van der Waals surface area contributed by atoms with Gasteiger partial charge in [0.2, 0.25) is 0 Å². The van der Waals surface area contributed by atoms with E-state index in [0.717, 1.165) is 31.7 Å². The second kappa shape index (κ2) is 7.51. The predicted molar refractivity (Wildman–Crippen MR) is 47.4 cm³/mol. The van der Waals surface area contributed by atoms with Crippen LogP contribution >= 0.6 is 0 Å². The first kappa shape index (κ1) is 10.4. The molecule has 0 saturated heterocycles. The van der Waals surface area contributed by atoms with E-state index in [1.165, 1.54) is 0 Å². The van der Waals surface area contributed by atoms with Crippen molar-refractivity contribution in [2.24, 2.45) is 5.92 Å². The van der Waals surface area contributed by atoms with Crippen LogP contribution in [-0.2, 0) is 9.59 Å². The molecule has 0 aromatic heterocycles.